The van der Waals surface area contributed by atoms with Crippen molar-refractivity contribution in [3.63, 3.8) is 0 Å². The molecule has 0 saturated heterocycles. The maximum absolute atomic E-state index is 2.24. The van der Waals surface area contributed by atoms with Crippen molar-refractivity contribution in [1.82, 2.24) is 0 Å². The van der Waals surface area contributed by atoms with E-state index in [0.29, 0.717) is 0 Å². The Morgan fingerprint density at radius 3 is 2.10 bits per heavy atom. The van der Waals surface area contributed by atoms with E-state index < -0.39 is 0 Å². The van der Waals surface area contributed by atoms with Gasteiger partial charge >= 0.3 is 0 Å². The second-order valence-electron chi connectivity index (χ2n) is 2.89. The first-order valence-corrected chi connectivity index (χ1v) is 3.49. The molecule has 0 spiro atoms. The first-order chi connectivity index (χ1) is 4.29. The van der Waals surface area contributed by atoms with Gasteiger partial charge in [-0.2, -0.15) is 17.7 Å². The Balaban J connectivity index is 0.000000810. The summed E-state index contributed by atoms with van der Waals surface area (Å²) in [5, 5.41) is 0. The van der Waals surface area contributed by atoms with Gasteiger partial charge in [0.2, 0.25) is 0 Å². The molecular formula is C9H13Zr-. The van der Waals surface area contributed by atoms with Crippen LogP contribution in [0.25, 0.3) is 0 Å². The first-order valence-electron chi connectivity index (χ1n) is 3.49. The van der Waals surface area contributed by atoms with E-state index in [1.807, 2.05) is 0 Å². The molecule has 0 N–H and O–H groups in total. The average Bonchev–Trinajstić information content (AvgIpc) is 2.15. The van der Waals surface area contributed by atoms with Gasteiger partial charge in [0.25, 0.3) is 0 Å². The third kappa shape index (κ3) is 3.41. The van der Waals surface area contributed by atoms with Gasteiger partial charge in [0, 0.05) is 26.2 Å². The summed E-state index contributed by atoms with van der Waals surface area (Å²) < 4.78 is 0. The summed E-state index contributed by atoms with van der Waals surface area (Å²) >= 11 is 0. The molecular weight excluding hydrogens is 199 g/mol. The van der Waals surface area contributed by atoms with Crippen molar-refractivity contribution in [2.45, 2.75) is 20.3 Å². The normalized spacial score (nSPS) is 9.50. The summed E-state index contributed by atoms with van der Waals surface area (Å²) in [7, 11) is 0. The van der Waals surface area contributed by atoms with Crippen LogP contribution in [0.1, 0.15) is 19.4 Å². The molecule has 0 aliphatic carbocycles. The molecule has 0 radical (unpaired) electrons. The molecule has 1 rings (SSSR count). The maximum atomic E-state index is 2.24. The molecule has 0 amide bonds. The molecule has 0 aromatic heterocycles. The van der Waals surface area contributed by atoms with Gasteiger partial charge in [-0.1, -0.05) is 26.2 Å². The second-order valence-corrected chi connectivity index (χ2v) is 2.89. The van der Waals surface area contributed by atoms with E-state index in [1.165, 1.54) is 12.0 Å². The largest absolute Gasteiger partial charge is 0.213 e. The molecule has 0 bridgehead atoms. The molecule has 10 heavy (non-hydrogen) atoms. The van der Waals surface area contributed by atoms with Crippen LogP contribution in [0.15, 0.2) is 24.3 Å². The monoisotopic (exact) mass is 211 g/mol. The number of rotatable bonds is 2. The van der Waals surface area contributed by atoms with E-state index in [0.717, 1.165) is 5.92 Å². The fourth-order valence-electron chi connectivity index (χ4n) is 1.02. The SMILES string of the molecule is CC(C)C[c-]1cccc1.[Zr]. The van der Waals surface area contributed by atoms with Crippen LogP contribution in [0.2, 0.25) is 0 Å². The minimum Gasteiger partial charge on any atom is -0.213 e. The Hall–Kier alpha value is 0.233. The summed E-state index contributed by atoms with van der Waals surface area (Å²) in [5.74, 6) is 0.785. The van der Waals surface area contributed by atoms with Crippen LogP contribution in [0.5, 0.6) is 0 Å². The van der Waals surface area contributed by atoms with E-state index in [9.17, 15) is 0 Å². The summed E-state index contributed by atoms with van der Waals surface area (Å²) in [6, 6.07) is 8.55. The van der Waals surface area contributed by atoms with Crippen LogP contribution in [-0.4, -0.2) is 0 Å². The predicted octanol–water partition coefficient (Wildman–Crippen LogP) is 2.60. The van der Waals surface area contributed by atoms with Gasteiger partial charge in [-0.3, -0.25) is 0 Å². The van der Waals surface area contributed by atoms with Gasteiger partial charge in [0.05, 0.1) is 0 Å². The number of hydrogen-bond acceptors (Lipinski definition) is 0. The molecule has 1 aromatic carbocycles. The molecule has 0 aliphatic heterocycles. The molecule has 1 aromatic rings. The molecule has 0 heterocycles. The summed E-state index contributed by atoms with van der Waals surface area (Å²) in [5.41, 5.74) is 1.46. The zero-order chi connectivity index (χ0) is 6.69. The second kappa shape index (κ2) is 4.96. The van der Waals surface area contributed by atoms with Gasteiger partial charge in [-0.05, 0) is 0 Å². The van der Waals surface area contributed by atoms with Gasteiger partial charge in [0.15, 0.2) is 0 Å². The van der Waals surface area contributed by atoms with Gasteiger partial charge in [0.1, 0.15) is 0 Å². The van der Waals surface area contributed by atoms with Crippen molar-refractivity contribution in [3.8, 4) is 0 Å². The number of hydrogen-bond donors (Lipinski definition) is 0. The third-order valence-electron chi connectivity index (χ3n) is 1.38. The van der Waals surface area contributed by atoms with Crippen molar-refractivity contribution in [1.29, 1.82) is 0 Å². The molecule has 0 nitrogen and oxygen atoms in total. The molecule has 0 fully saturated rings. The fourth-order valence-corrected chi connectivity index (χ4v) is 1.02. The predicted molar refractivity (Wildman–Crippen MR) is 40.6 cm³/mol. The minimum absolute atomic E-state index is 0. The average molecular weight is 212 g/mol. The zero-order valence-corrected chi connectivity index (χ0v) is 9.05. The molecule has 0 saturated carbocycles. The fraction of sp³-hybridized carbons (Fsp3) is 0.444. The van der Waals surface area contributed by atoms with Crippen molar-refractivity contribution >= 4 is 0 Å². The maximum Gasteiger partial charge on any atom is 0 e. The van der Waals surface area contributed by atoms with Crippen LogP contribution >= 0.6 is 0 Å². The minimum atomic E-state index is 0. The van der Waals surface area contributed by atoms with E-state index in [-0.39, 0.29) is 26.2 Å². The molecule has 0 atom stereocenters. The van der Waals surface area contributed by atoms with Crippen molar-refractivity contribution < 1.29 is 26.2 Å². The van der Waals surface area contributed by atoms with Crippen LogP contribution in [0.3, 0.4) is 0 Å². The smallest absolute Gasteiger partial charge is 0 e. The summed E-state index contributed by atoms with van der Waals surface area (Å²) in [4.78, 5) is 0. The van der Waals surface area contributed by atoms with Crippen molar-refractivity contribution in [2.75, 3.05) is 0 Å². The Kier molecular flexibility index (Phi) is 5.08. The third-order valence-corrected chi connectivity index (χ3v) is 1.38. The van der Waals surface area contributed by atoms with Gasteiger partial charge in [-0.25, -0.2) is 12.1 Å². The Labute approximate surface area is 82.1 Å². The van der Waals surface area contributed by atoms with Crippen LogP contribution in [0, 0.1) is 5.92 Å². The molecule has 0 aliphatic rings. The first kappa shape index (κ1) is 10.2. The summed E-state index contributed by atoms with van der Waals surface area (Å²) in [6.07, 6.45) is 1.22. The van der Waals surface area contributed by atoms with E-state index in [1.54, 1.807) is 0 Å². The van der Waals surface area contributed by atoms with Crippen LogP contribution in [0.4, 0.5) is 0 Å². The molecule has 1 heteroatoms. The standard InChI is InChI=1S/C9H13.Zr/c1-8(2)7-9-5-3-4-6-9;/h3-6,8H,7H2,1-2H3;/q-1;. The Bertz CT molecular complexity index is 151. The Morgan fingerprint density at radius 2 is 1.70 bits per heavy atom. The topological polar surface area (TPSA) is 0 Å². The quantitative estimate of drug-likeness (QED) is 0.661. The van der Waals surface area contributed by atoms with Crippen LogP contribution in [-0.2, 0) is 32.6 Å². The van der Waals surface area contributed by atoms with E-state index in [4.69, 9.17) is 0 Å². The molecule has 54 valence electrons. The molecule has 0 unspecified atom stereocenters. The van der Waals surface area contributed by atoms with Crippen molar-refractivity contribution in [3.05, 3.63) is 29.8 Å². The van der Waals surface area contributed by atoms with E-state index >= 15 is 0 Å². The van der Waals surface area contributed by atoms with Gasteiger partial charge < -0.3 is 0 Å². The Morgan fingerprint density at radius 1 is 1.20 bits per heavy atom. The summed E-state index contributed by atoms with van der Waals surface area (Å²) in [6.45, 7) is 4.49. The van der Waals surface area contributed by atoms with Gasteiger partial charge in [-0.15, -0.1) is 0 Å². The van der Waals surface area contributed by atoms with Crippen LogP contribution < -0.4 is 0 Å². The van der Waals surface area contributed by atoms with E-state index in [2.05, 4.69) is 38.1 Å². The van der Waals surface area contributed by atoms with Crippen molar-refractivity contribution in [2.24, 2.45) is 5.92 Å². The zero-order valence-electron chi connectivity index (χ0n) is 6.59.